The van der Waals surface area contributed by atoms with Crippen LogP contribution in [0.1, 0.15) is 36.9 Å². The molecule has 2 atom stereocenters. The van der Waals surface area contributed by atoms with Crippen LogP contribution in [0.3, 0.4) is 0 Å². The Morgan fingerprint density at radius 3 is 2.59 bits per heavy atom. The molecule has 0 spiro atoms. The van der Waals surface area contributed by atoms with E-state index in [1.54, 1.807) is 12.4 Å². The SMILES string of the molecule is CC[C@@H]1C[C@H](Nc2ncc(N3CCOCC3)cn2)c2cc(C(F)(F)F)ccc2N1. The second kappa shape index (κ2) is 8.06. The maximum atomic E-state index is 13.2. The minimum Gasteiger partial charge on any atom is -0.382 e. The van der Waals surface area contributed by atoms with Gasteiger partial charge >= 0.3 is 6.18 Å². The molecule has 2 N–H and O–H groups in total. The van der Waals surface area contributed by atoms with Crippen LogP contribution in [0, 0.1) is 0 Å². The molecule has 9 heteroatoms. The third-order valence-electron chi connectivity index (χ3n) is 5.44. The van der Waals surface area contributed by atoms with Crippen LogP contribution >= 0.6 is 0 Å². The average Bonchev–Trinajstić information content (AvgIpc) is 2.74. The minimum atomic E-state index is -4.38. The lowest BCUT2D eigenvalue weighted by Crippen LogP contribution is -2.36. The molecule has 2 aromatic rings. The maximum absolute atomic E-state index is 13.2. The highest BCUT2D eigenvalue weighted by atomic mass is 19.4. The predicted octanol–water partition coefficient (Wildman–Crippen LogP) is 4.08. The van der Waals surface area contributed by atoms with Crippen LogP contribution in [0.4, 0.5) is 30.5 Å². The van der Waals surface area contributed by atoms with Gasteiger partial charge in [0.2, 0.25) is 5.95 Å². The van der Waals surface area contributed by atoms with E-state index in [-0.39, 0.29) is 12.1 Å². The molecule has 0 aliphatic carbocycles. The molecule has 29 heavy (non-hydrogen) atoms. The number of halogens is 3. The van der Waals surface area contributed by atoms with Crippen LogP contribution in [-0.4, -0.2) is 42.3 Å². The highest BCUT2D eigenvalue weighted by Crippen LogP contribution is 2.39. The summed E-state index contributed by atoms with van der Waals surface area (Å²) in [5, 5.41) is 6.56. The smallest absolute Gasteiger partial charge is 0.382 e. The first-order chi connectivity index (χ1) is 13.9. The van der Waals surface area contributed by atoms with E-state index in [0.717, 1.165) is 37.0 Å². The Balaban J connectivity index is 1.56. The van der Waals surface area contributed by atoms with E-state index in [1.807, 2.05) is 0 Å². The van der Waals surface area contributed by atoms with Gasteiger partial charge in [0, 0.05) is 24.8 Å². The van der Waals surface area contributed by atoms with E-state index in [9.17, 15) is 13.2 Å². The van der Waals surface area contributed by atoms with Gasteiger partial charge in [-0.1, -0.05) is 6.92 Å². The number of rotatable bonds is 4. The molecule has 0 amide bonds. The van der Waals surface area contributed by atoms with Crippen LogP contribution in [0.5, 0.6) is 0 Å². The molecule has 1 aromatic carbocycles. The standard InChI is InChI=1S/C20H24F3N5O/c1-2-14-10-18(16-9-13(20(21,22)23)3-4-17(16)26-14)27-19-24-11-15(12-25-19)28-5-7-29-8-6-28/h3-4,9,11-12,14,18,26H,2,5-8,10H2,1H3,(H,24,25,27)/t14-,18+/m1/s1. The summed E-state index contributed by atoms with van der Waals surface area (Å²) in [4.78, 5) is 10.9. The highest BCUT2D eigenvalue weighted by Gasteiger charge is 2.34. The average molecular weight is 407 g/mol. The summed E-state index contributed by atoms with van der Waals surface area (Å²) in [7, 11) is 0. The summed E-state index contributed by atoms with van der Waals surface area (Å²) in [6.07, 6.45) is 0.629. The first-order valence-corrected chi connectivity index (χ1v) is 9.83. The van der Waals surface area contributed by atoms with Crippen molar-refractivity contribution in [1.29, 1.82) is 0 Å². The van der Waals surface area contributed by atoms with Crippen LogP contribution in [0.25, 0.3) is 0 Å². The lowest BCUT2D eigenvalue weighted by Gasteiger charge is -2.34. The van der Waals surface area contributed by atoms with Crippen molar-refractivity contribution in [1.82, 2.24) is 9.97 Å². The number of morpholine rings is 1. The van der Waals surface area contributed by atoms with Gasteiger partial charge in [0.1, 0.15) is 0 Å². The van der Waals surface area contributed by atoms with Crippen molar-refractivity contribution in [3.63, 3.8) is 0 Å². The molecule has 6 nitrogen and oxygen atoms in total. The van der Waals surface area contributed by atoms with Crippen LogP contribution in [0.2, 0.25) is 0 Å². The molecule has 156 valence electrons. The zero-order chi connectivity index (χ0) is 20.4. The van der Waals surface area contributed by atoms with Gasteiger partial charge in [-0.2, -0.15) is 13.2 Å². The number of fused-ring (bicyclic) bond motifs is 1. The first kappa shape index (κ1) is 19.8. The Bertz CT molecular complexity index is 837. The number of hydrogen-bond acceptors (Lipinski definition) is 6. The lowest BCUT2D eigenvalue weighted by molar-refractivity contribution is -0.137. The summed E-state index contributed by atoms with van der Waals surface area (Å²) in [5.74, 6) is 0.409. The monoisotopic (exact) mass is 407 g/mol. The van der Waals surface area contributed by atoms with Gasteiger partial charge in [-0.3, -0.25) is 0 Å². The van der Waals surface area contributed by atoms with Crippen molar-refractivity contribution in [2.45, 2.75) is 38.0 Å². The highest BCUT2D eigenvalue weighted by molar-refractivity contribution is 5.59. The molecule has 0 saturated carbocycles. The Hall–Kier alpha value is -2.55. The fourth-order valence-electron chi connectivity index (χ4n) is 3.79. The van der Waals surface area contributed by atoms with Crippen molar-refractivity contribution >= 4 is 17.3 Å². The third-order valence-corrected chi connectivity index (χ3v) is 5.44. The number of alkyl halides is 3. The van der Waals surface area contributed by atoms with Gasteiger partial charge in [-0.05, 0) is 36.6 Å². The lowest BCUT2D eigenvalue weighted by atomic mass is 9.90. The largest absolute Gasteiger partial charge is 0.416 e. The second-order valence-corrected chi connectivity index (χ2v) is 7.35. The number of ether oxygens (including phenoxy) is 1. The van der Waals surface area contributed by atoms with Crippen LogP contribution < -0.4 is 15.5 Å². The quantitative estimate of drug-likeness (QED) is 0.797. The predicted molar refractivity (Wildman–Crippen MR) is 105 cm³/mol. The van der Waals surface area contributed by atoms with Gasteiger partial charge < -0.3 is 20.3 Å². The van der Waals surface area contributed by atoms with Crippen molar-refractivity contribution < 1.29 is 17.9 Å². The zero-order valence-electron chi connectivity index (χ0n) is 16.2. The number of anilines is 3. The van der Waals surface area contributed by atoms with E-state index in [1.165, 1.54) is 12.1 Å². The van der Waals surface area contributed by atoms with Gasteiger partial charge in [0.05, 0.1) is 42.9 Å². The molecule has 1 fully saturated rings. The summed E-state index contributed by atoms with van der Waals surface area (Å²) >= 11 is 0. The van der Waals surface area contributed by atoms with Crippen molar-refractivity contribution in [3.8, 4) is 0 Å². The summed E-state index contributed by atoms with van der Waals surface area (Å²) in [6, 6.07) is 3.72. The molecule has 0 radical (unpaired) electrons. The normalized spacial score (nSPS) is 22.0. The molecular formula is C20H24F3N5O. The molecular weight excluding hydrogens is 383 g/mol. The molecule has 0 bridgehead atoms. The van der Waals surface area contributed by atoms with Crippen LogP contribution in [0.15, 0.2) is 30.6 Å². The van der Waals surface area contributed by atoms with E-state index < -0.39 is 11.7 Å². The summed E-state index contributed by atoms with van der Waals surface area (Å²) in [5.41, 5.74) is 1.57. The second-order valence-electron chi connectivity index (χ2n) is 7.35. The van der Waals surface area contributed by atoms with Gasteiger partial charge in [-0.25, -0.2) is 9.97 Å². The van der Waals surface area contributed by atoms with Crippen molar-refractivity contribution in [2.24, 2.45) is 0 Å². The molecule has 2 aliphatic heterocycles. The number of benzene rings is 1. The fraction of sp³-hybridized carbons (Fsp3) is 0.500. The van der Waals surface area contributed by atoms with Gasteiger partial charge in [-0.15, -0.1) is 0 Å². The Morgan fingerprint density at radius 2 is 1.93 bits per heavy atom. The van der Waals surface area contributed by atoms with Crippen molar-refractivity contribution in [3.05, 3.63) is 41.7 Å². The number of nitrogens with zero attached hydrogens (tertiary/aromatic N) is 3. The zero-order valence-corrected chi connectivity index (χ0v) is 16.2. The van der Waals surface area contributed by atoms with Gasteiger partial charge in [0.25, 0.3) is 0 Å². The van der Waals surface area contributed by atoms with E-state index >= 15 is 0 Å². The first-order valence-electron chi connectivity index (χ1n) is 9.83. The van der Waals surface area contributed by atoms with E-state index in [0.29, 0.717) is 31.1 Å². The minimum absolute atomic E-state index is 0.171. The van der Waals surface area contributed by atoms with Crippen LogP contribution in [-0.2, 0) is 10.9 Å². The molecule has 2 aliphatic rings. The van der Waals surface area contributed by atoms with E-state index in [4.69, 9.17) is 4.74 Å². The Morgan fingerprint density at radius 1 is 1.21 bits per heavy atom. The maximum Gasteiger partial charge on any atom is 0.416 e. The number of hydrogen-bond donors (Lipinski definition) is 2. The molecule has 3 heterocycles. The van der Waals surface area contributed by atoms with Crippen molar-refractivity contribution in [2.75, 3.05) is 41.8 Å². The molecule has 4 rings (SSSR count). The Kier molecular flexibility index (Phi) is 5.49. The summed E-state index contributed by atoms with van der Waals surface area (Å²) < 4.78 is 44.9. The number of nitrogens with one attached hydrogen (secondary N) is 2. The summed E-state index contributed by atoms with van der Waals surface area (Å²) in [6.45, 7) is 4.97. The molecule has 1 aromatic heterocycles. The number of aromatic nitrogens is 2. The topological polar surface area (TPSA) is 62.3 Å². The van der Waals surface area contributed by atoms with E-state index in [2.05, 4.69) is 32.4 Å². The van der Waals surface area contributed by atoms with Gasteiger partial charge in [0.15, 0.2) is 0 Å². The molecule has 1 saturated heterocycles. The Labute approximate surface area is 167 Å². The third kappa shape index (κ3) is 4.39. The molecule has 0 unspecified atom stereocenters. The fourth-order valence-corrected chi connectivity index (χ4v) is 3.79.